The topological polar surface area (TPSA) is 46.2 Å². The molecular formula is C8H18ClNO2S. The van der Waals surface area contributed by atoms with Gasteiger partial charge in [-0.25, -0.2) is 13.1 Å². The average Bonchev–Trinajstić information content (AvgIpc) is 1.98. The zero-order valence-corrected chi connectivity index (χ0v) is 9.79. The third-order valence-electron chi connectivity index (χ3n) is 1.63. The first kappa shape index (κ1) is 13.2. The predicted octanol–water partition coefficient (Wildman–Crippen LogP) is 1.58. The molecule has 0 radical (unpaired) electrons. The van der Waals surface area contributed by atoms with Gasteiger partial charge in [-0.15, -0.1) is 11.6 Å². The van der Waals surface area contributed by atoms with Gasteiger partial charge in [0.05, 0.1) is 5.75 Å². The molecule has 3 nitrogen and oxygen atoms in total. The molecule has 80 valence electrons. The lowest BCUT2D eigenvalue weighted by Gasteiger charge is -2.06. The number of rotatable bonds is 7. The standard InChI is InChI=1S/C8H18ClNO2S/c1-8(2)4-3-6-10-13(11,12)7-5-9/h8,10H,3-7H2,1-2H3. The number of hydrogen-bond acceptors (Lipinski definition) is 2. The minimum absolute atomic E-state index is 0.0102. The Morgan fingerprint density at radius 3 is 2.46 bits per heavy atom. The van der Waals surface area contributed by atoms with E-state index in [9.17, 15) is 8.42 Å². The largest absolute Gasteiger partial charge is 0.215 e. The molecule has 0 unspecified atom stereocenters. The lowest BCUT2D eigenvalue weighted by Crippen LogP contribution is -2.28. The summed E-state index contributed by atoms with van der Waals surface area (Å²) in [5, 5.41) is 0. The fourth-order valence-corrected chi connectivity index (χ4v) is 2.32. The molecule has 0 fully saturated rings. The first-order valence-electron chi connectivity index (χ1n) is 4.51. The molecule has 0 aromatic carbocycles. The lowest BCUT2D eigenvalue weighted by molar-refractivity contribution is 0.540. The van der Waals surface area contributed by atoms with Crippen LogP contribution in [-0.2, 0) is 10.0 Å². The Labute approximate surface area is 85.9 Å². The van der Waals surface area contributed by atoms with E-state index < -0.39 is 10.0 Å². The second kappa shape index (κ2) is 6.62. The summed E-state index contributed by atoms with van der Waals surface area (Å²) in [6.07, 6.45) is 1.93. The number of sulfonamides is 1. The van der Waals surface area contributed by atoms with E-state index in [0.29, 0.717) is 12.5 Å². The summed E-state index contributed by atoms with van der Waals surface area (Å²) in [7, 11) is -3.11. The second-order valence-electron chi connectivity index (χ2n) is 3.44. The lowest BCUT2D eigenvalue weighted by atomic mass is 10.1. The van der Waals surface area contributed by atoms with E-state index >= 15 is 0 Å². The number of halogens is 1. The van der Waals surface area contributed by atoms with Crippen molar-refractivity contribution in [3.05, 3.63) is 0 Å². The molecule has 1 N–H and O–H groups in total. The number of hydrogen-bond donors (Lipinski definition) is 1. The van der Waals surface area contributed by atoms with Crippen LogP contribution in [-0.4, -0.2) is 26.6 Å². The highest BCUT2D eigenvalue weighted by atomic mass is 35.5. The molecule has 0 amide bonds. The first-order chi connectivity index (χ1) is 5.98. The van der Waals surface area contributed by atoms with Gasteiger partial charge in [0, 0.05) is 12.4 Å². The Morgan fingerprint density at radius 2 is 2.00 bits per heavy atom. The van der Waals surface area contributed by atoms with Crippen molar-refractivity contribution in [1.29, 1.82) is 0 Å². The highest BCUT2D eigenvalue weighted by molar-refractivity contribution is 7.89. The Hall–Kier alpha value is 0.200. The van der Waals surface area contributed by atoms with Crippen LogP contribution in [0.1, 0.15) is 26.7 Å². The van der Waals surface area contributed by atoms with Crippen molar-refractivity contribution >= 4 is 21.6 Å². The molecule has 0 saturated carbocycles. The van der Waals surface area contributed by atoms with Crippen LogP contribution >= 0.6 is 11.6 Å². The van der Waals surface area contributed by atoms with Gasteiger partial charge in [0.1, 0.15) is 0 Å². The summed E-state index contributed by atoms with van der Waals surface area (Å²) in [5.74, 6) is 0.785. The van der Waals surface area contributed by atoms with Crippen molar-refractivity contribution in [3.8, 4) is 0 Å². The molecule has 0 aliphatic rings. The summed E-state index contributed by atoms with van der Waals surface area (Å²) in [4.78, 5) is 0. The van der Waals surface area contributed by atoms with Crippen molar-refractivity contribution in [3.63, 3.8) is 0 Å². The summed E-state index contributed by atoms with van der Waals surface area (Å²) in [6, 6.07) is 0. The Kier molecular flexibility index (Phi) is 6.73. The average molecular weight is 228 g/mol. The van der Waals surface area contributed by atoms with E-state index in [1.165, 1.54) is 0 Å². The monoisotopic (exact) mass is 227 g/mol. The van der Waals surface area contributed by atoms with Crippen LogP contribution in [0.2, 0.25) is 0 Å². The van der Waals surface area contributed by atoms with Gasteiger partial charge in [0.2, 0.25) is 10.0 Å². The fourth-order valence-electron chi connectivity index (χ4n) is 0.912. The molecule has 0 atom stereocenters. The van der Waals surface area contributed by atoms with Crippen LogP contribution in [0.4, 0.5) is 0 Å². The van der Waals surface area contributed by atoms with Gasteiger partial charge in [-0.2, -0.15) is 0 Å². The van der Waals surface area contributed by atoms with Crippen LogP contribution < -0.4 is 4.72 Å². The summed E-state index contributed by atoms with van der Waals surface area (Å²) < 4.78 is 24.7. The molecule has 5 heteroatoms. The van der Waals surface area contributed by atoms with Crippen LogP contribution in [0.5, 0.6) is 0 Å². The molecule has 0 aliphatic carbocycles. The van der Waals surface area contributed by atoms with E-state index in [2.05, 4.69) is 18.6 Å². The summed E-state index contributed by atoms with van der Waals surface area (Å²) in [6.45, 7) is 4.76. The molecule has 0 aliphatic heterocycles. The summed E-state index contributed by atoms with van der Waals surface area (Å²) >= 11 is 5.33. The highest BCUT2D eigenvalue weighted by Gasteiger charge is 2.07. The van der Waals surface area contributed by atoms with Gasteiger partial charge in [-0.05, 0) is 18.8 Å². The van der Waals surface area contributed by atoms with Crippen molar-refractivity contribution in [2.24, 2.45) is 5.92 Å². The molecule has 0 saturated heterocycles. The maximum absolute atomic E-state index is 11.1. The van der Waals surface area contributed by atoms with E-state index in [0.717, 1.165) is 12.8 Å². The predicted molar refractivity (Wildman–Crippen MR) is 56.6 cm³/mol. The molecule has 0 heterocycles. The molecular weight excluding hydrogens is 210 g/mol. The van der Waals surface area contributed by atoms with Gasteiger partial charge in [0.25, 0.3) is 0 Å². The molecule has 0 spiro atoms. The van der Waals surface area contributed by atoms with Gasteiger partial charge < -0.3 is 0 Å². The Balaban J connectivity index is 3.53. The Bertz CT molecular complexity index is 214. The third-order valence-corrected chi connectivity index (χ3v) is 3.42. The van der Waals surface area contributed by atoms with E-state index in [-0.39, 0.29) is 11.6 Å². The van der Waals surface area contributed by atoms with Crippen LogP contribution in [0, 0.1) is 5.92 Å². The minimum atomic E-state index is -3.11. The van der Waals surface area contributed by atoms with Gasteiger partial charge in [0.15, 0.2) is 0 Å². The zero-order valence-electron chi connectivity index (χ0n) is 8.22. The van der Waals surface area contributed by atoms with Crippen molar-refractivity contribution in [1.82, 2.24) is 4.72 Å². The molecule has 0 aromatic rings. The van der Waals surface area contributed by atoms with Crippen molar-refractivity contribution in [2.75, 3.05) is 18.2 Å². The van der Waals surface area contributed by atoms with Gasteiger partial charge >= 0.3 is 0 Å². The molecule has 0 bridgehead atoms. The molecule has 13 heavy (non-hydrogen) atoms. The normalized spacial score (nSPS) is 12.3. The first-order valence-corrected chi connectivity index (χ1v) is 6.70. The van der Waals surface area contributed by atoms with Gasteiger partial charge in [-0.3, -0.25) is 0 Å². The van der Waals surface area contributed by atoms with Crippen LogP contribution in [0.15, 0.2) is 0 Å². The van der Waals surface area contributed by atoms with Crippen LogP contribution in [0.3, 0.4) is 0 Å². The maximum atomic E-state index is 11.1. The minimum Gasteiger partial charge on any atom is -0.215 e. The third kappa shape index (κ3) is 8.53. The fraction of sp³-hybridized carbons (Fsp3) is 1.00. The van der Waals surface area contributed by atoms with E-state index in [1.54, 1.807) is 0 Å². The van der Waals surface area contributed by atoms with Crippen molar-refractivity contribution < 1.29 is 8.42 Å². The SMILES string of the molecule is CC(C)CCCNS(=O)(=O)CCCl. The van der Waals surface area contributed by atoms with Crippen molar-refractivity contribution in [2.45, 2.75) is 26.7 Å². The molecule has 0 aromatic heterocycles. The zero-order chi connectivity index (χ0) is 10.3. The van der Waals surface area contributed by atoms with Gasteiger partial charge in [-0.1, -0.05) is 13.8 Å². The quantitative estimate of drug-likeness (QED) is 0.530. The number of alkyl halides is 1. The second-order valence-corrected chi connectivity index (χ2v) is 5.74. The van der Waals surface area contributed by atoms with E-state index in [1.807, 2.05) is 0 Å². The van der Waals surface area contributed by atoms with Crippen LogP contribution in [0.25, 0.3) is 0 Å². The number of nitrogens with one attached hydrogen (secondary N) is 1. The maximum Gasteiger partial charge on any atom is 0.212 e. The smallest absolute Gasteiger partial charge is 0.212 e. The molecule has 0 rings (SSSR count). The Morgan fingerprint density at radius 1 is 1.38 bits per heavy atom. The van der Waals surface area contributed by atoms with E-state index in [4.69, 9.17) is 11.6 Å². The highest BCUT2D eigenvalue weighted by Crippen LogP contribution is 2.02. The summed E-state index contributed by atoms with van der Waals surface area (Å²) in [5.41, 5.74) is 0.